The molecule has 0 aromatic heterocycles. The quantitative estimate of drug-likeness (QED) is 0.858. The third-order valence-electron chi connectivity index (χ3n) is 3.01. The standard InChI is InChI=1S/C16H17NO2/c1-2-12-5-4-8-15(10-12)17-11-13-6-3-7-14(9-13)16(18)19/h3-10,17H,2,11H2,1H3,(H,18,19). The van der Waals surface area contributed by atoms with Crippen LogP contribution >= 0.6 is 0 Å². The number of anilines is 1. The lowest BCUT2D eigenvalue weighted by atomic mass is 10.1. The highest BCUT2D eigenvalue weighted by molar-refractivity contribution is 5.87. The van der Waals surface area contributed by atoms with Gasteiger partial charge in [0.1, 0.15) is 0 Å². The molecule has 0 aliphatic rings. The fourth-order valence-electron chi connectivity index (χ4n) is 1.92. The van der Waals surface area contributed by atoms with E-state index in [2.05, 4.69) is 24.4 Å². The predicted molar refractivity (Wildman–Crippen MR) is 76.5 cm³/mol. The molecule has 2 rings (SSSR count). The number of aryl methyl sites for hydroxylation is 1. The van der Waals surface area contributed by atoms with Gasteiger partial charge in [-0.2, -0.15) is 0 Å². The van der Waals surface area contributed by atoms with Crippen LogP contribution < -0.4 is 5.32 Å². The molecule has 2 N–H and O–H groups in total. The molecule has 0 amide bonds. The van der Waals surface area contributed by atoms with E-state index in [4.69, 9.17) is 5.11 Å². The second-order valence-corrected chi connectivity index (χ2v) is 4.41. The molecule has 0 aliphatic carbocycles. The molecule has 98 valence electrons. The SMILES string of the molecule is CCc1cccc(NCc2cccc(C(=O)O)c2)c1. The van der Waals surface area contributed by atoms with Gasteiger partial charge in [0.25, 0.3) is 0 Å². The van der Waals surface area contributed by atoms with Crippen LogP contribution in [0.4, 0.5) is 5.69 Å². The first-order valence-electron chi connectivity index (χ1n) is 6.34. The Morgan fingerprint density at radius 1 is 1.11 bits per heavy atom. The molecule has 0 spiro atoms. The maximum Gasteiger partial charge on any atom is 0.335 e. The fraction of sp³-hybridized carbons (Fsp3) is 0.188. The molecule has 2 aromatic carbocycles. The molecule has 0 saturated heterocycles. The summed E-state index contributed by atoms with van der Waals surface area (Å²) in [5, 5.41) is 12.3. The third kappa shape index (κ3) is 3.58. The minimum Gasteiger partial charge on any atom is -0.478 e. The van der Waals surface area contributed by atoms with Gasteiger partial charge in [-0.05, 0) is 41.8 Å². The number of carbonyl (C=O) groups is 1. The van der Waals surface area contributed by atoms with E-state index < -0.39 is 5.97 Å². The van der Waals surface area contributed by atoms with Crippen molar-refractivity contribution < 1.29 is 9.90 Å². The van der Waals surface area contributed by atoms with Gasteiger partial charge in [0, 0.05) is 12.2 Å². The number of carboxylic acid groups (broad SMARTS) is 1. The van der Waals surface area contributed by atoms with Gasteiger partial charge in [0.15, 0.2) is 0 Å². The van der Waals surface area contributed by atoms with Crippen molar-refractivity contribution >= 4 is 11.7 Å². The van der Waals surface area contributed by atoms with Crippen LogP contribution in [-0.2, 0) is 13.0 Å². The Balaban J connectivity index is 2.05. The Morgan fingerprint density at radius 3 is 2.58 bits per heavy atom. The molecular weight excluding hydrogens is 238 g/mol. The first kappa shape index (κ1) is 13.1. The van der Waals surface area contributed by atoms with E-state index in [1.165, 1.54) is 5.56 Å². The lowest BCUT2D eigenvalue weighted by molar-refractivity contribution is 0.0697. The summed E-state index contributed by atoms with van der Waals surface area (Å²) in [5.74, 6) is -0.894. The van der Waals surface area contributed by atoms with Crippen LogP contribution in [0, 0.1) is 0 Å². The first-order valence-corrected chi connectivity index (χ1v) is 6.34. The summed E-state index contributed by atoms with van der Waals surface area (Å²) in [4.78, 5) is 10.9. The molecule has 19 heavy (non-hydrogen) atoms. The number of hydrogen-bond donors (Lipinski definition) is 2. The largest absolute Gasteiger partial charge is 0.478 e. The van der Waals surface area contributed by atoms with Gasteiger partial charge in [-0.15, -0.1) is 0 Å². The lowest BCUT2D eigenvalue weighted by Gasteiger charge is -2.08. The Labute approximate surface area is 112 Å². The van der Waals surface area contributed by atoms with Gasteiger partial charge >= 0.3 is 5.97 Å². The fourth-order valence-corrected chi connectivity index (χ4v) is 1.92. The van der Waals surface area contributed by atoms with Crippen LogP contribution in [0.1, 0.15) is 28.4 Å². The topological polar surface area (TPSA) is 49.3 Å². The van der Waals surface area contributed by atoms with Crippen molar-refractivity contribution in [3.05, 3.63) is 65.2 Å². The van der Waals surface area contributed by atoms with E-state index in [-0.39, 0.29) is 0 Å². The zero-order valence-electron chi connectivity index (χ0n) is 10.9. The summed E-state index contributed by atoms with van der Waals surface area (Å²) >= 11 is 0. The zero-order valence-corrected chi connectivity index (χ0v) is 10.9. The monoisotopic (exact) mass is 255 g/mol. The van der Waals surface area contributed by atoms with Crippen molar-refractivity contribution in [2.45, 2.75) is 19.9 Å². The molecule has 0 saturated carbocycles. The minimum absolute atomic E-state index is 0.321. The normalized spacial score (nSPS) is 10.2. The third-order valence-corrected chi connectivity index (χ3v) is 3.01. The van der Waals surface area contributed by atoms with Crippen molar-refractivity contribution in [3.63, 3.8) is 0 Å². The van der Waals surface area contributed by atoms with Crippen LogP contribution in [0.5, 0.6) is 0 Å². The van der Waals surface area contributed by atoms with Gasteiger partial charge in [-0.1, -0.05) is 31.2 Å². The highest BCUT2D eigenvalue weighted by Crippen LogP contribution is 2.13. The van der Waals surface area contributed by atoms with Crippen molar-refractivity contribution in [2.24, 2.45) is 0 Å². The average Bonchev–Trinajstić information content (AvgIpc) is 2.45. The molecule has 0 fully saturated rings. The van der Waals surface area contributed by atoms with E-state index in [0.717, 1.165) is 17.7 Å². The average molecular weight is 255 g/mol. The van der Waals surface area contributed by atoms with Crippen LogP contribution in [0.15, 0.2) is 48.5 Å². The van der Waals surface area contributed by atoms with E-state index in [1.807, 2.05) is 18.2 Å². The lowest BCUT2D eigenvalue weighted by Crippen LogP contribution is -2.02. The number of carboxylic acids is 1. The molecule has 0 atom stereocenters. The summed E-state index contributed by atoms with van der Waals surface area (Å²) in [5.41, 5.74) is 3.62. The van der Waals surface area contributed by atoms with E-state index in [1.54, 1.807) is 18.2 Å². The van der Waals surface area contributed by atoms with Gasteiger partial charge in [0.2, 0.25) is 0 Å². The van der Waals surface area contributed by atoms with Gasteiger partial charge < -0.3 is 10.4 Å². The van der Waals surface area contributed by atoms with Crippen molar-refractivity contribution in [1.82, 2.24) is 0 Å². The first-order chi connectivity index (χ1) is 9.19. The highest BCUT2D eigenvalue weighted by atomic mass is 16.4. The number of aromatic carboxylic acids is 1. The Hall–Kier alpha value is -2.29. The smallest absolute Gasteiger partial charge is 0.335 e. The van der Waals surface area contributed by atoms with Crippen LogP contribution in [-0.4, -0.2) is 11.1 Å². The molecule has 0 aliphatic heterocycles. The summed E-state index contributed by atoms with van der Waals surface area (Å²) in [6, 6.07) is 15.2. The Bertz CT molecular complexity index is 578. The van der Waals surface area contributed by atoms with Crippen LogP contribution in [0.2, 0.25) is 0 Å². The minimum atomic E-state index is -0.894. The predicted octanol–water partition coefficient (Wildman–Crippen LogP) is 3.56. The highest BCUT2D eigenvalue weighted by Gasteiger charge is 2.03. The summed E-state index contributed by atoms with van der Waals surface area (Å²) in [7, 11) is 0. The summed E-state index contributed by atoms with van der Waals surface area (Å²) < 4.78 is 0. The number of benzene rings is 2. The maximum absolute atomic E-state index is 10.9. The van der Waals surface area contributed by atoms with E-state index in [9.17, 15) is 4.79 Å². The van der Waals surface area contributed by atoms with Gasteiger partial charge in [-0.3, -0.25) is 0 Å². The maximum atomic E-state index is 10.9. The second-order valence-electron chi connectivity index (χ2n) is 4.41. The van der Waals surface area contributed by atoms with Crippen LogP contribution in [0.25, 0.3) is 0 Å². The van der Waals surface area contributed by atoms with Crippen molar-refractivity contribution in [2.75, 3.05) is 5.32 Å². The van der Waals surface area contributed by atoms with E-state index in [0.29, 0.717) is 12.1 Å². The molecule has 0 unspecified atom stereocenters. The molecule has 0 heterocycles. The molecule has 3 nitrogen and oxygen atoms in total. The van der Waals surface area contributed by atoms with Gasteiger partial charge in [0.05, 0.1) is 5.56 Å². The van der Waals surface area contributed by atoms with E-state index >= 15 is 0 Å². The second kappa shape index (κ2) is 6.05. The number of nitrogens with one attached hydrogen (secondary N) is 1. The Kier molecular flexibility index (Phi) is 4.18. The van der Waals surface area contributed by atoms with Crippen molar-refractivity contribution in [3.8, 4) is 0 Å². The molecule has 0 bridgehead atoms. The number of hydrogen-bond acceptors (Lipinski definition) is 2. The van der Waals surface area contributed by atoms with Crippen molar-refractivity contribution in [1.29, 1.82) is 0 Å². The molecule has 3 heteroatoms. The summed E-state index contributed by atoms with van der Waals surface area (Å²) in [6.45, 7) is 2.74. The Morgan fingerprint density at radius 2 is 1.84 bits per heavy atom. The zero-order chi connectivity index (χ0) is 13.7. The molecular formula is C16H17NO2. The van der Waals surface area contributed by atoms with Gasteiger partial charge in [-0.25, -0.2) is 4.79 Å². The number of rotatable bonds is 5. The summed E-state index contributed by atoms with van der Waals surface area (Å²) in [6.07, 6.45) is 1.00. The molecule has 2 aromatic rings. The van der Waals surface area contributed by atoms with Crippen LogP contribution in [0.3, 0.4) is 0 Å². The molecule has 0 radical (unpaired) electrons.